The molecule has 176 valence electrons. The predicted octanol–water partition coefficient (Wildman–Crippen LogP) is 4.63. The number of benzene rings is 3. The van der Waals surface area contributed by atoms with Crippen LogP contribution in [0.15, 0.2) is 72.8 Å². The Morgan fingerprint density at radius 3 is 1.94 bits per heavy atom. The summed E-state index contributed by atoms with van der Waals surface area (Å²) in [6, 6.07) is 18.5. The van der Waals surface area contributed by atoms with Gasteiger partial charge in [0.15, 0.2) is 5.92 Å². The minimum atomic E-state index is -4.48. The first kappa shape index (κ1) is 23.5. The molecule has 8 heteroatoms. The third-order valence-electron chi connectivity index (χ3n) is 6.06. The number of ether oxygens (including phenoxy) is 1. The van der Waals surface area contributed by atoms with E-state index in [0.717, 1.165) is 34.4 Å². The lowest BCUT2D eigenvalue weighted by Crippen LogP contribution is -2.43. The number of nitrogens with two attached hydrogens (primary N) is 1. The molecule has 3 aromatic carbocycles. The molecule has 0 fully saturated rings. The van der Waals surface area contributed by atoms with E-state index in [4.69, 9.17) is 10.5 Å². The van der Waals surface area contributed by atoms with Crippen molar-refractivity contribution >= 4 is 11.9 Å². The van der Waals surface area contributed by atoms with E-state index in [1.165, 1.54) is 12.1 Å². The van der Waals surface area contributed by atoms with E-state index >= 15 is 0 Å². The second-order valence-corrected chi connectivity index (χ2v) is 8.24. The van der Waals surface area contributed by atoms with Crippen LogP contribution in [0, 0.1) is 5.92 Å². The summed E-state index contributed by atoms with van der Waals surface area (Å²) in [7, 11) is 0. The number of esters is 1. The number of alkyl halides is 3. The molecule has 1 aliphatic rings. The Labute approximate surface area is 194 Å². The van der Waals surface area contributed by atoms with Crippen molar-refractivity contribution in [3.63, 3.8) is 0 Å². The van der Waals surface area contributed by atoms with Crippen molar-refractivity contribution in [2.24, 2.45) is 11.7 Å². The summed E-state index contributed by atoms with van der Waals surface area (Å²) in [5.74, 6) is -4.32. The molecular formula is C26H22F3NO4. The molecule has 1 unspecified atom stereocenters. The molecular weight excluding hydrogens is 447 g/mol. The molecule has 1 aliphatic carbocycles. The minimum absolute atomic E-state index is 0.0519. The van der Waals surface area contributed by atoms with Gasteiger partial charge in [-0.15, -0.1) is 0 Å². The van der Waals surface area contributed by atoms with Gasteiger partial charge in [-0.3, -0.25) is 9.59 Å². The van der Waals surface area contributed by atoms with E-state index in [0.29, 0.717) is 5.56 Å². The van der Waals surface area contributed by atoms with Crippen LogP contribution in [0.25, 0.3) is 11.1 Å². The molecule has 3 N–H and O–H groups in total. The van der Waals surface area contributed by atoms with Gasteiger partial charge in [0.25, 0.3) is 0 Å². The largest absolute Gasteiger partial charge is 0.481 e. The SMILES string of the molecule is NC(Cc1ccc(C(F)(F)F)cc1)[C@H](C(=O)O)C(=O)OCC1c2ccccc2-c2ccccc21. The number of fused-ring (bicyclic) bond motifs is 3. The maximum atomic E-state index is 12.8. The van der Waals surface area contributed by atoms with Gasteiger partial charge < -0.3 is 15.6 Å². The Hall–Kier alpha value is -3.65. The van der Waals surface area contributed by atoms with Crippen molar-refractivity contribution in [2.45, 2.75) is 24.6 Å². The van der Waals surface area contributed by atoms with Gasteiger partial charge in [-0.05, 0) is 46.4 Å². The molecule has 34 heavy (non-hydrogen) atoms. The van der Waals surface area contributed by atoms with Gasteiger partial charge in [-0.2, -0.15) is 13.2 Å². The van der Waals surface area contributed by atoms with Gasteiger partial charge in [-0.25, -0.2) is 0 Å². The zero-order valence-corrected chi connectivity index (χ0v) is 18.0. The summed E-state index contributed by atoms with van der Waals surface area (Å²) in [6.45, 7) is -0.0519. The fourth-order valence-electron chi connectivity index (χ4n) is 4.37. The summed E-state index contributed by atoms with van der Waals surface area (Å²) in [6.07, 6.45) is -4.58. The molecule has 0 radical (unpaired) electrons. The summed E-state index contributed by atoms with van der Waals surface area (Å²) in [5, 5.41) is 9.62. The maximum Gasteiger partial charge on any atom is 0.416 e. The van der Waals surface area contributed by atoms with Gasteiger partial charge in [0.05, 0.1) is 5.56 Å². The number of carboxylic acid groups (broad SMARTS) is 1. The molecule has 0 saturated carbocycles. The highest BCUT2D eigenvalue weighted by Gasteiger charge is 2.36. The van der Waals surface area contributed by atoms with E-state index in [9.17, 15) is 27.9 Å². The Balaban J connectivity index is 1.46. The normalized spacial score (nSPS) is 14.7. The van der Waals surface area contributed by atoms with Crippen LogP contribution in [-0.2, 0) is 26.9 Å². The van der Waals surface area contributed by atoms with Gasteiger partial charge >= 0.3 is 18.1 Å². The van der Waals surface area contributed by atoms with Crippen molar-refractivity contribution in [1.82, 2.24) is 0 Å². The molecule has 0 amide bonds. The number of halogens is 3. The van der Waals surface area contributed by atoms with Crippen LogP contribution in [0.1, 0.15) is 28.2 Å². The first-order valence-corrected chi connectivity index (χ1v) is 10.7. The highest BCUT2D eigenvalue weighted by molar-refractivity contribution is 5.95. The summed E-state index contributed by atoms with van der Waals surface area (Å²) >= 11 is 0. The van der Waals surface area contributed by atoms with Gasteiger partial charge in [-0.1, -0.05) is 60.7 Å². The Morgan fingerprint density at radius 2 is 1.44 bits per heavy atom. The summed E-state index contributed by atoms with van der Waals surface area (Å²) in [4.78, 5) is 24.6. The maximum absolute atomic E-state index is 12.8. The standard InChI is InChI=1S/C26H22F3NO4/c27-26(28,29)16-11-9-15(10-12-16)13-22(30)23(24(31)32)25(33)34-14-21-19-7-3-1-5-17(19)18-6-2-4-8-20(18)21/h1-12,21-23H,13-14,30H2,(H,31,32)/t22?,23-/m1/s1. The molecule has 5 nitrogen and oxygen atoms in total. The number of carbonyl (C=O) groups excluding carboxylic acids is 1. The third kappa shape index (κ3) is 4.68. The lowest BCUT2D eigenvalue weighted by atomic mass is 9.93. The molecule has 0 saturated heterocycles. The summed E-state index contributed by atoms with van der Waals surface area (Å²) < 4.78 is 43.7. The highest BCUT2D eigenvalue weighted by Crippen LogP contribution is 2.44. The number of hydrogen-bond donors (Lipinski definition) is 2. The predicted molar refractivity (Wildman–Crippen MR) is 119 cm³/mol. The van der Waals surface area contributed by atoms with Crippen LogP contribution in [0.5, 0.6) is 0 Å². The highest BCUT2D eigenvalue weighted by atomic mass is 19.4. The van der Waals surface area contributed by atoms with Crippen molar-refractivity contribution < 1.29 is 32.6 Å². The lowest BCUT2D eigenvalue weighted by molar-refractivity contribution is -0.159. The van der Waals surface area contributed by atoms with Crippen molar-refractivity contribution in [1.29, 1.82) is 0 Å². The number of aliphatic carboxylic acids is 1. The lowest BCUT2D eigenvalue weighted by Gasteiger charge is -2.21. The van der Waals surface area contributed by atoms with E-state index in [-0.39, 0.29) is 18.9 Å². The van der Waals surface area contributed by atoms with Crippen LogP contribution < -0.4 is 5.73 Å². The molecule has 2 atom stereocenters. The Bertz CT molecular complexity index is 1160. The molecule has 0 aliphatic heterocycles. The second-order valence-electron chi connectivity index (χ2n) is 8.24. The Kier molecular flexibility index (Phi) is 6.43. The molecule has 4 rings (SSSR count). The average molecular weight is 469 g/mol. The minimum Gasteiger partial charge on any atom is -0.481 e. The third-order valence-corrected chi connectivity index (χ3v) is 6.06. The smallest absolute Gasteiger partial charge is 0.416 e. The zero-order chi connectivity index (χ0) is 24.5. The van der Waals surface area contributed by atoms with E-state index in [1.54, 1.807) is 0 Å². The van der Waals surface area contributed by atoms with E-state index in [2.05, 4.69) is 0 Å². The van der Waals surface area contributed by atoms with Crippen molar-refractivity contribution in [2.75, 3.05) is 6.61 Å². The van der Waals surface area contributed by atoms with Crippen LogP contribution in [-0.4, -0.2) is 29.7 Å². The van der Waals surface area contributed by atoms with Crippen molar-refractivity contribution in [3.05, 3.63) is 95.1 Å². The Morgan fingerprint density at radius 1 is 0.912 bits per heavy atom. The number of rotatable bonds is 7. The first-order chi connectivity index (χ1) is 16.2. The fourth-order valence-corrected chi connectivity index (χ4v) is 4.37. The zero-order valence-electron chi connectivity index (χ0n) is 18.0. The average Bonchev–Trinajstić information content (AvgIpc) is 3.11. The molecule has 0 heterocycles. The summed E-state index contributed by atoms with van der Waals surface area (Å²) in [5.41, 5.74) is 9.61. The van der Waals surface area contributed by atoms with Crippen LogP contribution >= 0.6 is 0 Å². The van der Waals surface area contributed by atoms with Crippen LogP contribution in [0.2, 0.25) is 0 Å². The quantitative estimate of drug-likeness (QED) is 0.389. The van der Waals surface area contributed by atoms with Crippen LogP contribution in [0.4, 0.5) is 13.2 Å². The topological polar surface area (TPSA) is 89.6 Å². The number of hydrogen-bond acceptors (Lipinski definition) is 4. The van der Waals surface area contributed by atoms with Crippen molar-refractivity contribution in [3.8, 4) is 11.1 Å². The molecule has 3 aromatic rings. The number of carbonyl (C=O) groups is 2. The molecule has 0 spiro atoms. The van der Waals surface area contributed by atoms with E-state index in [1.807, 2.05) is 48.5 Å². The second kappa shape index (κ2) is 9.30. The first-order valence-electron chi connectivity index (χ1n) is 10.7. The monoisotopic (exact) mass is 469 g/mol. The number of carboxylic acids is 1. The molecule has 0 bridgehead atoms. The van der Waals surface area contributed by atoms with Gasteiger partial charge in [0, 0.05) is 12.0 Å². The van der Waals surface area contributed by atoms with Crippen LogP contribution in [0.3, 0.4) is 0 Å². The van der Waals surface area contributed by atoms with Gasteiger partial charge in [0.2, 0.25) is 0 Å². The van der Waals surface area contributed by atoms with Gasteiger partial charge in [0.1, 0.15) is 6.61 Å². The molecule has 0 aromatic heterocycles. The van der Waals surface area contributed by atoms with E-state index < -0.39 is 35.6 Å². The fraction of sp³-hybridized carbons (Fsp3) is 0.231.